The van der Waals surface area contributed by atoms with E-state index in [2.05, 4.69) is 9.97 Å². The van der Waals surface area contributed by atoms with E-state index in [4.69, 9.17) is 10.00 Å². The Morgan fingerprint density at radius 3 is 2.48 bits per heavy atom. The molecule has 9 heteroatoms. The molecule has 1 saturated carbocycles. The summed E-state index contributed by atoms with van der Waals surface area (Å²) in [7, 11) is 0. The number of ether oxygens (including phenoxy) is 1. The number of pyridine rings is 2. The minimum Gasteiger partial charge on any atom is -0.488 e. The van der Waals surface area contributed by atoms with Crippen molar-refractivity contribution in [2.24, 2.45) is 10.8 Å². The van der Waals surface area contributed by atoms with Crippen LogP contribution in [0.2, 0.25) is 0 Å². The van der Waals surface area contributed by atoms with Crippen molar-refractivity contribution in [1.82, 2.24) is 14.9 Å². The molecule has 162 valence electrons. The van der Waals surface area contributed by atoms with Crippen LogP contribution in [0.25, 0.3) is 0 Å². The van der Waals surface area contributed by atoms with Gasteiger partial charge in [0.25, 0.3) is 5.91 Å². The molecule has 0 bridgehead atoms. The second kappa shape index (κ2) is 6.67. The maximum Gasteiger partial charge on any atom is 0.419 e. The normalized spacial score (nSPS) is 23.7. The van der Waals surface area contributed by atoms with Gasteiger partial charge in [0.1, 0.15) is 17.9 Å². The van der Waals surface area contributed by atoms with E-state index >= 15 is 0 Å². The van der Waals surface area contributed by atoms with Crippen LogP contribution in [-0.4, -0.2) is 32.9 Å². The van der Waals surface area contributed by atoms with E-state index in [1.54, 1.807) is 17.3 Å². The van der Waals surface area contributed by atoms with Gasteiger partial charge in [-0.25, -0.2) is 4.98 Å². The van der Waals surface area contributed by atoms with Crippen LogP contribution in [0.5, 0.6) is 5.75 Å². The van der Waals surface area contributed by atoms with Crippen LogP contribution in [0, 0.1) is 22.2 Å². The Morgan fingerprint density at radius 2 is 1.90 bits per heavy atom. The van der Waals surface area contributed by atoms with Gasteiger partial charge in [0, 0.05) is 35.8 Å². The average molecular weight is 430 g/mol. The third-order valence-corrected chi connectivity index (χ3v) is 6.34. The van der Waals surface area contributed by atoms with Crippen molar-refractivity contribution in [2.45, 2.75) is 52.6 Å². The fourth-order valence-electron chi connectivity index (χ4n) is 5.54. The average Bonchev–Trinajstić information content (AvgIpc) is 3.00. The van der Waals surface area contributed by atoms with Crippen molar-refractivity contribution in [3.63, 3.8) is 0 Å². The van der Waals surface area contributed by atoms with Crippen molar-refractivity contribution in [3.8, 4) is 11.8 Å². The molecule has 0 unspecified atom stereocenters. The van der Waals surface area contributed by atoms with Gasteiger partial charge < -0.3 is 9.64 Å². The van der Waals surface area contributed by atoms with Gasteiger partial charge in [-0.3, -0.25) is 9.78 Å². The van der Waals surface area contributed by atoms with Crippen molar-refractivity contribution in [3.05, 3.63) is 53.1 Å². The first-order valence-electron chi connectivity index (χ1n) is 9.77. The quantitative estimate of drug-likeness (QED) is 0.729. The lowest BCUT2D eigenvalue weighted by molar-refractivity contribution is -0.199. The van der Waals surface area contributed by atoms with Crippen molar-refractivity contribution in [2.75, 3.05) is 0 Å². The first-order valence-corrected chi connectivity index (χ1v) is 9.77. The molecule has 31 heavy (non-hydrogen) atoms. The van der Waals surface area contributed by atoms with E-state index in [1.165, 1.54) is 6.07 Å². The molecule has 1 fully saturated rings. The van der Waals surface area contributed by atoms with Gasteiger partial charge in [-0.2, -0.15) is 18.4 Å². The minimum absolute atomic E-state index is 0.0591. The van der Waals surface area contributed by atoms with E-state index in [1.807, 2.05) is 33.8 Å². The highest BCUT2D eigenvalue weighted by Crippen LogP contribution is 2.59. The zero-order chi connectivity index (χ0) is 22.8. The molecule has 0 radical (unpaired) electrons. The number of fused-ring (bicyclic) bond motifs is 1. The first kappa shape index (κ1) is 21.1. The fourth-order valence-corrected chi connectivity index (χ4v) is 5.54. The summed E-state index contributed by atoms with van der Waals surface area (Å²) < 4.78 is 45.9. The summed E-state index contributed by atoms with van der Waals surface area (Å²) in [6, 6.07) is 3.90. The second-order valence-electron chi connectivity index (χ2n) is 9.19. The smallest absolute Gasteiger partial charge is 0.419 e. The first-order chi connectivity index (χ1) is 14.4. The zero-order valence-electron chi connectivity index (χ0n) is 17.5. The Bertz CT molecular complexity index is 1090. The summed E-state index contributed by atoms with van der Waals surface area (Å²) in [6.07, 6.45) is -0.849. The lowest BCUT2D eigenvalue weighted by Gasteiger charge is -2.65. The molecular formula is C22H21F3N4O2. The van der Waals surface area contributed by atoms with E-state index < -0.39 is 34.4 Å². The molecule has 0 saturated heterocycles. The zero-order valence-corrected chi connectivity index (χ0v) is 17.5. The van der Waals surface area contributed by atoms with Gasteiger partial charge in [0.15, 0.2) is 5.69 Å². The Labute approximate surface area is 177 Å². The largest absolute Gasteiger partial charge is 0.488 e. The molecule has 0 N–H and O–H groups in total. The molecule has 2 aromatic heterocycles. The molecule has 3 heterocycles. The topological polar surface area (TPSA) is 79.1 Å². The van der Waals surface area contributed by atoms with Crippen LogP contribution in [0.15, 0.2) is 30.7 Å². The predicted molar refractivity (Wildman–Crippen MR) is 104 cm³/mol. The van der Waals surface area contributed by atoms with Gasteiger partial charge in [-0.1, -0.05) is 27.7 Å². The fraction of sp³-hybridized carbons (Fsp3) is 0.455. The lowest BCUT2D eigenvalue weighted by atomic mass is 9.49. The van der Waals surface area contributed by atoms with Crippen LogP contribution in [0.1, 0.15) is 54.9 Å². The number of halogens is 3. The van der Waals surface area contributed by atoms with Crippen LogP contribution in [0.3, 0.4) is 0 Å². The highest BCUT2D eigenvalue weighted by Gasteiger charge is 2.67. The summed E-state index contributed by atoms with van der Waals surface area (Å²) in [5.74, 6) is -0.164. The molecule has 4 rings (SSSR count). The lowest BCUT2D eigenvalue weighted by Crippen LogP contribution is -2.74. The van der Waals surface area contributed by atoms with Crippen LogP contribution in [-0.2, 0) is 12.7 Å². The third-order valence-electron chi connectivity index (χ3n) is 6.34. The van der Waals surface area contributed by atoms with Gasteiger partial charge in [0.2, 0.25) is 0 Å². The van der Waals surface area contributed by atoms with E-state index in [9.17, 15) is 18.0 Å². The van der Waals surface area contributed by atoms with Crippen molar-refractivity contribution in [1.29, 1.82) is 5.26 Å². The molecule has 1 aliphatic heterocycles. The number of carbonyl (C=O) groups excluding carboxylic acids is 1. The molecule has 0 spiro atoms. The summed E-state index contributed by atoms with van der Waals surface area (Å²) in [5.41, 5.74) is -1.43. The summed E-state index contributed by atoms with van der Waals surface area (Å²) in [6.45, 7) is 8.19. The molecule has 1 aliphatic carbocycles. The number of hydrogen-bond acceptors (Lipinski definition) is 5. The summed E-state index contributed by atoms with van der Waals surface area (Å²) >= 11 is 0. The Hall–Kier alpha value is -3.15. The molecule has 0 atom stereocenters. The standard InChI is InChI=1S/C22H21F3N4O2/c1-20(2)18(29-11-12-5-6-27-10-14(12)17(29)30)21(3,4)19(20)31-13-7-15(22(23,24)25)16(8-26)28-9-13/h5-7,9-10,18-19H,11H2,1-4H3. The highest BCUT2D eigenvalue weighted by atomic mass is 19.4. The van der Waals surface area contributed by atoms with Gasteiger partial charge >= 0.3 is 6.18 Å². The molecule has 2 aliphatic rings. The maximum atomic E-state index is 13.3. The Balaban J connectivity index is 1.62. The number of rotatable bonds is 3. The number of nitriles is 1. The molecule has 6 nitrogen and oxygen atoms in total. The van der Waals surface area contributed by atoms with Gasteiger partial charge in [-0.15, -0.1) is 0 Å². The minimum atomic E-state index is -4.72. The Kier molecular flexibility index (Phi) is 4.54. The number of amides is 1. The van der Waals surface area contributed by atoms with Crippen LogP contribution >= 0.6 is 0 Å². The van der Waals surface area contributed by atoms with Gasteiger partial charge in [-0.05, 0) is 17.7 Å². The molecular weight excluding hydrogens is 409 g/mol. The number of alkyl halides is 3. The number of hydrogen-bond donors (Lipinski definition) is 0. The van der Waals surface area contributed by atoms with Crippen molar-refractivity contribution >= 4 is 5.91 Å². The SMILES string of the molecule is CC1(C)C(Oc2cnc(C#N)c(C(F)(F)F)c2)C(C)(C)C1N1Cc2ccncc2C1=O. The number of nitrogens with zero attached hydrogens (tertiary/aromatic N) is 4. The highest BCUT2D eigenvalue weighted by molar-refractivity contribution is 5.98. The maximum absolute atomic E-state index is 13.3. The monoisotopic (exact) mass is 430 g/mol. The predicted octanol–water partition coefficient (Wildman–Crippen LogP) is 4.21. The second-order valence-corrected chi connectivity index (χ2v) is 9.19. The molecule has 0 aromatic carbocycles. The Morgan fingerprint density at radius 1 is 1.23 bits per heavy atom. The summed E-state index contributed by atoms with van der Waals surface area (Å²) in [4.78, 5) is 22.4. The van der Waals surface area contributed by atoms with Crippen LogP contribution in [0.4, 0.5) is 13.2 Å². The van der Waals surface area contributed by atoms with Gasteiger partial charge in [0.05, 0.1) is 17.3 Å². The molecule has 2 aromatic rings. The third kappa shape index (κ3) is 3.12. The van der Waals surface area contributed by atoms with E-state index in [-0.39, 0.29) is 17.7 Å². The van der Waals surface area contributed by atoms with Crippen LogP contribution < -0.4 is 4.74 Å². The summed E-state index contributed by atoms with van der Waals surface area (Å²) in [5, 5.41) is 8.94. The number of carbonyl (C=O) groups is 1. The molecule has 1 amide bonds. The van der Waals surface area contributed by atoms with E-state index in [0.29, 0.717) is 12.1 Å². The number of aromatic nitrogens is 2. The van der Waals surface area contributed by atoms with Crippen molar-refractivity contribution < 1.29 is 22.7 Å². The van der Waals surface area contributed by atoms with E-state index in [0.717, 1.165) is 17.8 Å².